The molecule has 2 rings (SSSR count). The first-order chi connectivity index (χ1) is 7.26. The molecule has 0 spiro atoms. The Hall–Kier alpha value is -1.57. The highest BCUT2D eigenvalue weighted by Gasteiger charge is 2.08. The summed E-state index contributed by atoms with van der Waals surface area (Å²) in [6.07, 6.45) is 5.64. The molecular weight excluding hydrogens is 186 g/mol. The first kappa shape index (κ1) is 9.97. The summed E-state index contributed by atoms with van der Waals surface area (Å²) in [7, 11) is 0. The quantitative estimate of drug-likeness (QED) is 0.699. The first-order valence-electron chi connectivity index (χ1n) is 5.39. The van der Waals surface area contributed by atoms with E-state index in [4.69, 9.17) is 0 Å². The maximum atomic E-state index is 11.7. The average Bonchev–Trinajstić information content (AvgIpc) is 2.70. The van der Waals surface area contributed by atoms with Crippen LogP contribution in [0.5, 0.6) is 0 Å². The number of nitrogens with zero attached hydrogens (tertiary/aromatic N) is 1. The maximum absolute atomic E-state index is 11.7. The van der Waals surface area contributed by atoms with Crippen LogP contribution >= 0.6 is 0 Å². The largest absolute Gasteiger partial charge is 0.323 e. The lowest BCUT2D eigenvalue weighted by molar-refractivity contribution is 0.0989. The molecule has 0 saturated heterocycles. The molecule has 0 aliphatic carbocycles. The number of aromatic nitrogens is 1. The van der Waals surface area contributed by atoms with Crippen LogP contribution in [0.4, 0.5) is 0 Å². The average molecular weight is 201 g/mol. The summed E-state index contributed by atoms with van der Waals surface area (Å²) in [6.45, 7) is 4.02. The molecule has 0 unspecified atom stereocenters. The molecule has 2 nitrogen and oxygen atoms in total. The molecule has 0 fully saturated rings. The highest BCUT2D eigenvalue weighted by atomic mass is 16.1. The van der Waals surface area contributed by atoms with Crippen molar-refractivity contribution in [3.05, 3.63) is 41.7 Å². The molecule has 78 valence electrons. The molecule has 0 radical (unpaired) electrons. The van der Waals surface area contributed by atoms with Crippen molar-refractivity contribution >= 4 is 11.3 Å². The number of carbonyl (C=O) groups excluding carboxylic acids is 1. The Morgan fingerprint density at radius 1 is 1.40 bits per heavy atom. The van der Waals surface area contributed by atoms with E-state index in [-0.39, 0.29) is 5.78 Å². The molecule has 2 heteroatoms. The van der Waals surface area contributed by atoms with Gasteiger partial charge in [0.25, 0.3) is 0 Å². The summed E-state index contributed by atoms with van der Waals surface area (Å²) in [5, 5.41) is 0. The smallest absolute Gasteiger partial charge is 0.164 e. The molecule has 0 atom stereocenters. The molecule has 2 aromatic rings. The summed E-state index contributed by atoms with van der Waals surface area (Å²) in [6, 6.07) is 5.93. The Balaban J connectivity index is 2.64. The Kier molecular flexibility index (Phi) is 2.58. The molecule has 0 bridgehead atoms. The van der Waals surface area contributed by atoms with Crippen LogP contribution in [0.1, 0.15) is 36.2 Å². The number of fused-ring (bicyclic) bond motifs is 1. The highest BCUT2D eigenvalue weighted by Crippen LogP contribution is 2.16. The monoisotopic (exact) mass is 201 g/mol. The Labute approximate surface area is 89.5 Å². The van der Waals surface area contributed by atoms with Crippen molar-refractivity contribution in [1.29, 1.82) is 0 Å². The van der Waals surface area contributed by atoms with E-state index in [0.29, 0.717) is 6.42 Å². The molecule has 0 aliphatic rings. The van der Waals surface area contributed by atoms with Gasteiger partial charge < -0.3 is 4.40 Å². The van der Waals surface area contributed by atoms with Crippen molar-refractivity contribution in [2.45, 2.75) is 26.7 Å². The van der Waals surface area contributed by atoms with E-state index in [1.807, 2.05) is 29.7 Å². The number of Topliss-reactive ketones (excluding diaryl/α,β-unsaturated/α-hetero) is 1. The number of hydrogen-bond acceptors (Lipinski definition) is 1. The van der Waals surface area contributed by atoms with E-state index >= 15 is 0 Å². The van der Waals surface area contributed by atoms with Crippen LogP contribution in [0, 0.1) is 0 Å². The molecule has 0 amide bonds. The highest BCUT2D eigenvalue weighted by molar-refractivity contribution is 6.02. The van der Waals surface area contributed by atoms with Crippen LogP contribution in [0.3, 0.4) is 0 Å². The van der Waals surface area contributed by atoms with Crippen LogP contribution in [0.2, 0.25) is 0 Å². The second kappa shape index (κ2) is 3.89. The van der Waals surface area contributed by atoms with Crippen molar-refractivity contribution in [2.24, 2.45) is 0 Å². The number of pyridine rings is 1. The number of carbonyl (C=O) groups is 1. The van der Waals surface area contributed by atoms with Crippen LogP contribution in [-0.4, -0.2) is 10.2 Å². The molecule has 0 N–H and O–H groups in total. The third kappa shape index (κ3) is 1.67. The Bertz CT molecular complexity index is 496. The molecule has 0 saturated carbocycles. The van der Waals surface area contributed by atoms with Crippen molar-refractivity contribution in [2.75, 3.05) is 0 Å². The number of hydrogen-bond donors (Lipinski definition) is 0. The van der Waals surface area contributed by atoms with E-state index in [2.05, 4.69) is 19.2 Å². The molecular formula is C13H15NO. The van der Waals surface area contributed by atoms with Crippen LogP contribution < -0.4 is 0 Å². The van der Waals surface area contributed by atoms with E-state index in [9.17, 15) is 4.79 Å². The third-order valence-corrected chi connectivity index (χ3v) is 2.72. The second-order valence-electron chi connectivity index (χ2n) is 3.69. The van der Waals surface area contributed by atoms with Crippen molar-refractivity contribution < 1.29 is 4.79 Å². The summed E-state index contributed by atoms with van der Waals surface area (Å²) < 4.78 is 2.03. The third-order valence-electron chi connectivity index (χ3n) is 2.72. The predicted octanol–water partition coefficient (Wildman–Crippen LogP) is 3.09. The lowest BCUT2D eigenvalue weighted by atomic mass is 10.1. The van der Waals surface area contributed by atoms with E-state index < -0.39 is 0 Å². The summed E-state index contributed by atoms with van der Waals surface area (Å²) in [5.41, 5.74) is 3.13. The van der Waals surface area contributed by atoms with Crippen LogP contribution in [-0.2, 0) is 6.42 Å². The normalized spacial score (nSPS) is 10.8. The zero-order valence-electron chi connectivity index (χ0n) is 9.16. The number of aryl methyl sites for hydroxylation is 1. The Morgan fingerprint density at radius 2 is 2.20 bits per heavy atom. The first-order valence-corrected chi connectivity index (χ1v) is 5.39. The van der Waals surface area contributed by atoms with Crippen molar-refractivity contribution in [3.8, 4) is 0 Å². The van der Waals surface area contributed by atoms with Gasteiger partial charge in [-0.25, -0.2) is 0 Å². The maximum Gasteiger partial charge on any atom is 0.164 e. The van der Waals surface area contributed by atoms with Gasteiger partial charge in [-0.3, -0.25) is 4.79 Å². The topological polar surface area (TPSA) is 21.5 Å². The van der Waals surface area contributed by atoms with E-state index in [1.54, 1.807) is 0 Å². The van der Waals surface area contributed by atoms with Crippen molar-refractivity contribution in [1.82, 2.24) is 4.40 Å². The predicted molar refractivity (Wildman–Crippen MR) is 61.4 cm³/mol. The van der Waals surface area contributed by atoms with Gasteiger partial charge in [0.1, 0.15) is 0 Å². The van der Waals surface area contributed by atoms with Gasteiger partial charge in [-0.05, 0) is 30.2 Å². The lowest BCUT2D eigenvalue weighted by Crippen LogP contribution is -1.98. The number of rotatable bonds is 3. The van der Waals surface area contributed by atoms with Gasteiger partial charge in [-0.2, -0.15) is 0 Å². The minimum atomic E-state index is 0.210. The van der Waals surface area contributed by atoms with Gasteiger partial charge in [-0.15, -0.1) is 0 Å². The SMILES string of the molecule is CCC(=O)c1cccn2cc(CC)cc12. The van der Waals surface area contributed by atoms with Crippen molar-refractivity contribution in [3.63, 3.8) is 0 Å². The zero-order chi connectivity index (χ0) is 10.8. The molecule has 0 aliphatic heterocycles. The molecule has 2 heterocycles. The van der Waals surface area contributed by atoms with Gasteiger partial charge in [-0.1, -0.05) is 13.8 Å². The minimum absolute atomic E-state index is 0.210. The fourth-order valence-corrected chi connectivity index (χ4v) is 1.81. The fourth-order valence-electron chi connectivity index (χ4n) is 1.81. The molecule has 0 aromatic carbocycles. The standard InChI is InChI=1S/C13H15NO/c1-3-10-8-12-11(13(15)4-2)6-5-7-14(12)9-10/h5-9H,3-4H2,1-2H3. The van der Waals surface area contributed by atoms with E-state index in [1.165, 1.54) is 5.56 Å². The molecule has 15 heavy (non-hydrogen) atoms. The lowest BCUT2D eigenvalue weighted by Gasteiger charge is -2.01. The second-order valence-corrected chi connectivity index (χ2v) is 3.69. The zero-order valence-corrected chi connectivity index (χ0v) is 9.16. The van der Waals surface area contributed by atoms with Gasteiger partial charge in [0.2, 0.25) is 0 Å². The molecule has 2 aromatic heterocycles. The fraction of sp³-hybridized carbons (Fsp3) is 0.308. The summed E-state index contributed by atoms with van der Waals surface area (Å²) in [4.78, 5) is 11.7. The minimum Gasteiger partial charge on any atom is -0.323 e. The van der Waals surface area contributed by atoms with Gasteiger partial charge >= 0.3 is 0 Å². The van der Waals surface area contributed by atoms with Crippen LogP contribution in [0.15, 0.2) is 30.6 Å². The summed E-state index contributed by atoms with van der Waals surface area (Å²) in [5.74, 6) is 0.210. The van der Waals surface area contributed by atoms with Gasteiger partial charge in [0.15, 0.2) is 5.78 Å². The van der Waals surface area contributed by atoms with Gasteiger partial charge in [0.05, 0.1) is 5.52 Å². The summed E-state index contributed by atoms with van der Waals surface area (Å²) >= 11 is 0. The number of ketones is 1. The van der Waals surface area contributed by atoms with Gasteiger partial charge in [0, 0.05) is 24.4 Å². The Morgan fingerprint density at radius 3 is 2.87 bits per heavy atom. The van der Waals surface area contributed by atoms with Crippen LogP contribution in [0.25, 0.3) is 5.52 Å². The van der Waals surface area contributed by atoms with E-state index in [0.717, 1.165) is 17.5 Å².